The number of likely N-dealkylation sites (tertiary alicyclic amines) is 1. The molecule has 0 spiro atoms. The number of para-hydroxylation sites is 1. The zero-order chi connectivity index (χ0) is 18.1. The molecule has 3 aromatic rings. The molecule has 4 rings (SSSR count). The van der Waals surface area contributed by atoms with Gasteiger partial charge in [-0.1, -0.05) is 30.0 Å². The molecule has 1 aromatic carbocycles. The van der Waals surface area contributed by atoms with Crippen LogP contribution in [0.4, 0.5) is 0 Å². The average Bonchev–Trinajstić information content (AvgIpc) is 3.00. The van der Waals surface area contributed by atoms with Crippen LogP contribution < -0.4 is 0 Å². The molecule has 26 heavy (non-hydrogen) atoms. The number of hydrogen-bond acceptors (Lipinski definition) is 5. The van der Waals surface area contributed by atoms with Crippen LogP contribution >= 0.6 is 11.8 Å². The molecule has 0 aliphatic carbocycles. The van der Waals surface area contributed by atoms with Crippen LogP contribution in [-0.4, -0.2) is 49.4 Å². The molecular weight excluding hydrogens is 346 g/mol. The second-order valence-corrected chi connectivity index (χ2v) is 7.92. The van der Waals surface area contributed by atoms with Crippen LogP contribution in [0.1, 0.15) is 39.2 Å². The summed E-state index contributed by atoms with van der Waals surface area (Å²) < 4.78 is 2.19. The van der Waals surface area contributed by atoms with Gasteiger partial charge in [0.15, 0.2) is 5.65 Å². The first-order chi connectivity index (χ1) is 12.6. The van der Waals surface area contributed by atoms with Crippen LogP contribution in [0.2, 0.25) is 0 Å². The number of amides is 1. The van der Waals surface area contributed by atoms with Crippen LogP contribution in [0.25, 0.3) is 22.1 Å². The standard InChI is InChI=1S/C19H23N5OS/c1-13(2)24-15-9-5-4-8-14(15)17-18(24)20-19(22-21-17)26-12-16(25)23-10-6-3-7-11-23/h4-5,8-9,13H,3,6-7,10-12H2,1-2H3. The molecule has 1 aliphatic heterocycles. The summed E-state index contributed by atoms with van der Waals surface area (Å²) in [5.74, 6) is 0.539. The van der Waals surface area contributed by atoms with E-state index in [1.54, 1.807) is 0 Å². The van der Waals surface area contributed by atoms with Crippen LogP contribution in [0.3, 0.4) is 0 Å². The van der Waals surface area contributed by atoms with E-state index in [0.717, 1.165) is 48.0 Å². The van der Waals surface area contributed by atoms with Crippen molar-refractivity contribution in [2.75, 3.05) is 18.8 Å². The molecule has 6 nitrogen and oxygen atoms in total. The maximum absolute atomic E-state index is 12.4. The van der Waals surface area contributed by atoms with Gasteiger partial charge >= 0.3 is 0 Å². The van der Waals surface area contributed by atoms with Gasteiger partial charge in [0.25, 0.3) is 0 Å². The second kappa shape index (κ2) is 7.23. The van der Waals surface area contributed by atoms with Gasteiger partial charge in [-0.05, 0) is 39.2 Å². The number of aromatic nitrogens is 4. The molecule has 0 bridgehead atoms. The zero-order valence-corrected chi connectivity index (χ0v) is 16.0. The van der Waals surface area contributed by atoms with Crippen LogP contribution in [0.15, 0.2) is 29.4 Å². The molecule has 7 heteroatoms. The lowest BCUT2D eigenvalue weighted by molar-refractivity contribution is -0.129. The maximum Gasteiger partial charge on any atom is 0.233 e. The Bertz CT molecular complexity index is 946. The zero-order valence-electron chi connectivity index (χ0n) is 15.2. The molecule has 1 saturated heterocycles. The molecular formula is C19H23N5OS. The summed E-state index contributed by atoms with van der Waals surface area (Å²) in [7, 11) is 0. The quantitative estimate of drug-likeness (QED) is 0.657. The highest BCUT2D eigenvalue weighted by molar-refractivity contribution is 7.99. The minimum absolute atomic E-state index is 0.169. The summed E-state index contributed by atoms with van der Waals surface area (Å²) >= 11 is 1.38. The fourth-order valence-corrected chi connectivity index (χ4v) is 4.27. The van der Waals surface area contributed by atoms with E-state index in [1.807, 2.05) is 17.0 Å². The highest BCUT2D eigenvalue weighted by Crippen LogP contribution is 2.29. The number of rotatable bonds is 4. The number of carbonyl (C=O) groups excluding carboxylic acids is 1. The highest BCUT2D eigenvalue weighted by atomic mass is 32.2. The van der Waals surface area contributed by atoms with Crippen molar-refractivity contribution in [3.05, 3.63) is 24.3 Å². The fourth-order valence-electron chi connectivity index (χ4n) is 3.59. The molecule has 2 aromatic heterocycles. The lowest BCUT2D eigenvalue weighted by atomic mass is 10.1. The summed E-state index contributed by atoms with van der Waals surface area (Å²) in [6, 6.07) is 8.45. The summed E-state index contributed by atoms with van der Waals surface area (Å²) in [5.41, 5.74) is 2.77. The van der Waals surface area contributed by atoms with Gasteiger partial charge in [0.1, 0.15) is 5.52 Å². The minimum Gasteiger partial charge on any atom is -0.342 e. The first kappa shape index (κ1) is 17.3. The van der Waals surface area contributed by atoms with Crippen LogP contribution in [0.5, 0.6) is 0 Å². The number of piperidine rings is 1. The van der Waals surface area contributed by atoms with Crippen molar-refractivity contribution in [2.24, 2.45) is 0 Å². The predicted molar refractivity (Wildman–Crippen MR) is 104 cm³/mol. The van der Waals surface area contributed by atoms with Gasteiger partial charge in [-0.3, -0.25) is 4.79 Å². The third-order valence-electron chi connectivity index (χ3n) is 4.85. The monoisotopic (exact) mass is 369 g/mol. The molecule has 0 saturated carbocycles. The summed E-state index contributed by atoms with van der Waals surface area (Å²) in [6.45, 7) is 6.03. The fraction of sp³-hybridized carbons (Fsp3) is 0.474. The largest absolute Gasteiger partial charge is 0.342 e. The highest BCUT2D eigenvalue weighted by Gasteiger charge is 2.19. The Morgan fingerprint density at radius 1 is 1.15 bits per heavy atom. The molecule has 0 unspecified atom stereocenters. The van der Waals surface area contributed by atoms with Gasteiger partial charge < -0.3 is 9.47 Å². The van der Waals surface area contributed by atoms with E-state index in [-0.39, 0.29) is 11.9 Å². The van der Waals surface area contributed by atoms with Crippen molar-refractivity contribution >= 4 is 39.7 Å². The van der Waals surface area contributed by atoms with Crippen LogP contribution in [-0.2, 0) is 4.79 Å². The molecule has 0 N–H and O–H groups in total. The number of benzene rings is 1. The number of nitrogens with zero attached hydrogens (tertiary/aromatic N) is 5. The predicted octanol–water partition coefficient (Wildman–Crippen LogP) is 3.67. The van der Waals surface area contributed by atoms with Gasteiger partial charge in [-0.15, -0.1) is 10.2 Å². The Hall–Kier alpha value is -2.15. The van der Waals surface area contributed by atoms with Crippen molar-refractivity contribution in [3.8, 4) is 0 Å². The topological polar surface area (TPSA) is 63.9 Å². The molecule has 3 heterocycles. The lowest BCUT2D eigenvalue weighted by Crippen LogP contribution is -2.36. The van der Waals surface area contributed by atoms with Gasteiger partial charge in [0.2, 0.25) is 11.1 Å². The normalized spacial score (nSPS) is 15.3. The molecule has 0 atom stereocenters. The van der Waals surface area contributed by atoms with Gasteiger partial charge in [-0.25, -0.2) is 4.98 Å². The Morgan fingerprint density at radius 2 is 1.92 bits per heavy atom. The summed E-state index contributed by atoms with van der Waals surface area (Å²) in [5, 5.41) is 10.3. The maximum atomic E-state index is 12.4. The Labute approximate surface area is 157 Å². The molecule has 1 amide bonds. The van der Waals surface area contributed by atoms with Gasteiger partial charge in [0, 0.05) is 24.5 Å². The first-order valence-corrected chi connectivity index (χ1v) is 10.2. The van der Waals surface area contributed by atoms with Crippen molar-refractivity contribution in [2.45, 2.75) is 44.3 Å². The Balaban J connectivity index is 1.62. The van der Waals surface area contributed by atoms with Gasteiger partial charge in [0.05, 0.1) is 11.3 Å². The Morgan fingerprint density at radius 3 is 2.69 bits per heavy atom. The van der Waals surface area contributed by atoms with E-state index in [2.05, 4.69) is 40.7 Å². The van der Waals surface area contributed by atoms with Crippen molar-refractivity contribution in [3.63, 3.8) is 0 Å². The third kappa shape index (κ3) is 3.16. The van der Waals surface area contributed by atoms with E-state index in [1.165, 1.54) is 18.2 Å². The van der Waals surface area contributed by atoms with E-state index in [9.17, 15) is 4.79 Å². The second-order valence-electron chi connectivity index (χ2n) is 6.98. The number of fused-ring (bicyclic) bond motifs is 3. The third-order valence-corrected chi connectivity index (χ3v) is 5.67. The summed E-state index contributed by atoms with van der Waals surface area (Å²) in [4.78, 5) is 19.1. The first-order valence-electron chi connectivity index (χ1n) is 9.19. The van der Waals surface area contributed by atoms with Crippen molar-refractivity contribution < 1.29 is 4.79 Å². The lowest BCUT2D eigenvalue weighted by Gasteiger charge is -2.26. The molecule has 136 valence electrons. The van der Waals surface area contributed by atoms with E-state index < -0.39 is 0 Å². The van der Waals surface area contributed by atoms with Gasteiger partial charge in [-0.2, -0.15) is 0 Å². The summed E-state index contributed by atoms with van der Waals surface area (Å²) in [6.07, 6.45) is 3.43. The number of thioether (sulfide) groups is 1. The number of carbonyl (C=O) groups is 1. The van der Waals surface area contributed by atoms with Crippen molar-refractivity contribution in [1.29, 1.82) is 0 Å². The number of hydrogen-bond donors (Lipinski definition) is 0. The van der Waals surface area contributed by atoms with E-state index in [0.29, 0.717) is 10.9 Å². The SMILES string of the molecule is CC(C)n1c2ccccc2c2nnc(SCC(=O)N3CCCCC3)nc21. The van der Waals surface area contributed by atoms with Crippen molar-refractivity contribution in [1.82, 2.24) is 24.6 Å². The average molecular weight is 369 g/mol. The molecule has 1 fully saturated rings. The molecule has 1 aliphatic rings. The smallest absolute Gasteiger partial charge is 0.233 e. The van der Waals surface area contributed by atoms with E-state index >= 15 is 0 Å². The Kier molecular flexibility index (Phi) is 4.80. The van der Waals surface area contributed by atoms with Crippen LogP contribution in [0, 0.1) is 0 Å². The molecule has 0 radical (unpaired) electrons. The van der Waals surface area contributed by atoms with E-state index in [4.69, 9.17) is 4.98 Å². The minimum atomic E-state index is 0.169.